The van der Waals surface area contributed by atoms with E-state index in [9.17, 15) is 4.79 Å². The Bertz CT molecular complexity index is 444. The average molecular weight is 296 g/mol. The van der Waals surface area contributed by atoms with Gasteiger partial charge in [-0.25, -0.2) is 0 Å². The zero-order valence-electron chi connectivity index (χ0n) is 12.0. The minimum Gasteiger partial charge on any atom is -0.494 e. The Labute approximate surface area is 125 Å². The van der Waals surface area contributed by atoms with Crippen molar-refractivity contribution >= 4 is 17.5 Å². The molecule has 20 heavy (non-hydrogen) atoms. The van der Waals surface area contributed by atoms with Crippen molar-refractivity contribution in [2.24, 2.45) is 0 Å². The third-order valence-corrected chi connectivity index (χ3v) is 3.99. The van der Waals surface area contributed by atoms with Crippen molar-refractivity contribution in [1.82, 2.24) is 4.90 Å². The highest BCUT2D eigenvalue weighted by molar-refractivity contribution is 6.27. The molecule has 0 heterocycles. The molecule has 4 heteroatoms. The third kappa shape index (κ3) is 3.89. The topological polar surface area (TPSA) is 29.5 Å². The molecule has 1 aliphatic carbocycles. The van der Waals surface area contributed by atoms with E-state index in [1.807, 2.05) is 36.1 Å². The maximum atomic E-state index is 12.1. The van der Waals surface area contributed by atoms with Crippen LogP contribution in [0.5, 0.6) is 5.75 Å². The largest absolute Gasteiger partial charge is 0.494 e. The summed E-state index contributed by atoms with van der Waals surface area (Å²) in [5.41, 5.74) is 1.10. The predicted octanol–water partition coefficient (Wildman–Crippen LogP) is 3.60. The van der Waals surface area contributed by atoms with Crippen LogP contribution in [0.15, 0.2) is 24.3 Å². The Morgan fingerprint density at radius 2 is 2.15 bits per heavy atom. The van der Waals surface area contributed by atoms with E-state index in [4.69, 9.17) is 16.3 Å². The molecule has 0 unspecified atom stereocenters. The van der Waals surface area contributed by atoms with Crippen molar-refractivity contribution in [2.45, 2.75) is 45.2 Å². The summed E-state index contributed by atoms with van der Waals surface area (Å²) in [5.74, 6) is 0.942. The van der Waals surface area contributed by atoms with Gasteiger partial charge in [-0.3, -0.25) is 4.79 Å². The summed E-state index contributed by atoms with van der Waals surface area (Å²) >= 11 is 5.76. The Morgan fingerprint density at radius 3 is 2.80 bits per heavy atom. The summed E-state index contributed by atoms with van der Waals surface area (Å²) in [6.07, 6.45) is 4.59. The summed E-state index contributed by atoms with van der Waals surface area (Å²) in [6.45, 7) is 3.24. The Balaban J connectivity index is 2.10. The van der Waals surface area contributed by atoms with Gasteiger partial charge in [-0.2, -0.15) is 0 Å². The third-order valence-electron chi connectivity index (χ3n) is 3.76. The van der Waals surface area contributed by atoms with Crippen molar-refractivity contribution in [3.05, 3.63) is 29.8 Å². The summed E-state index contributed by atoms with van der Waals surface area (Å²) < 4.78 is 5.51. The van der Waals surface area contributed by atoms with Crippen LogP contribution < -0.4 is 4.74 Å². The van der Waals surface area contributed by atoms with Gasteiger partial charge < -0.3 is 9.64 Å². The van der Waals surface area contributed by atoms with Crippen molar-refractivity contribution in [3.63, 3.8) is 0 Å². The maximum Gasteiger partial charge on any atom is 0.238 e. The second kappa shape index (κ2) is 7.53. The maximum absolute atomic E-state index is 12.1. The monoisotopic (exact) mass is 295 g/mol. The Kier molecular flexibility index (Phi) is 5.72. The van der Waals surface area contributed by atoms with Gasteiger partial charge in [0.15, 0.2) is 0 Å². The van der Waals surface area contributed by atoms with Crippen LogP contribution in [0.1, 0.15) is 38.2 Å². The molecule has 110 valence electrons. The molecule has 0 radical (unpaired) electrons. The lowest BCUT2D eigenvalue weighted by atomic mass is 10.1. The molecule has 0 atom stereocenters. The van der Waals surface area contributed by atoms with Crippen LogP contribution >= 0.6 is 11.6 Å². The van der Waals surface area contributed by atoms with Gasteiger partial charge in [0.1, 0.15) is 11.6 Å². The molecular formula is C16H22ClNO2. The number of nitrogens with zero attached hydrogens (tertiary/aromatic N) is 1. The molecule has 1 fully saturated rings. The Morgan fingerprint density at radius 1 is 1.40 bits per heavy atom. The normalized spacial score (nSPS) is 15.3. The molecule has 0 bridgehead atoms. The first-order valence-electron chi connectivity index (χ1n) is 7.31. The molecule has 0 N–H and O–H groups in total. The highest BCUT2D eigenvalue weighted by Gasteiger charge is 2.26. The van der Waals surface area contributed by atoms with E-state index >= 15 is 0 Å². The molecule has 1 amide bonds. The number of carbonyl (C=O) groups is 1. The molecule has 0 saturated heterocycles. The number of carbonyl (C=O) groups excluding carboxylic acids is 1. The highest BCUT2D eigenvalue weighted by atomic mass is 35.5. The van der Waals surface area contributed by atoms with E-state index in [0.717, 1.165) is 24.2 Å². The summed E-state index contributed by atoms with van der Waals surface area (Å²) in [6, 6.07) is 8.30. The first-order valence-corrected chi connectivity index (χ1v) is 7.85. The zero-order chi connectivity index (χ0) is 14.4. The summed E-state index contributed by atoms with van der Waals surface area (Å²) in [7, 11) is 0. The molecule has 1 aliphatic rings. The number of amides is 1. The van der Waals surface area contributed by atoms with Crippen LogP contribution in [0.3, 0.4) is 0 Å². The molecule has 2 rings (SSSR count). The van der Waals surface area contributed by atoms with E-state index < -0.39 is 0 Å². The molecule has 0 spiro atoms. The predicted molar refractivity (Wildman–Crippen MR) is 81.1 cm³/mol. The van der Waals surface area contributed by atoms with Crippen molar-refractivity contribution < 1.29 is 9.53 Å². The number of rotatable bonds is 6. The summed E-state index contributed by atoms with van der Waals surface area (Å²) in [4.78, 5) is 14.0. The van der Waals surface area contributed by atoms with Crippen molar-refractivity contribution in [3.8, 4) is 5.75 Å². The fourth-order valence-corrected chi connectivity index (χ4v) is 2.96. The number of alkyl halides is 1. The molecule has 1 saturated carbocycles. The van der Waals surface area contributed by atoms with Gasteiger partial charge in [-0.15, -0.1) is 11.6 Å². The van der Waals surface area contributed by atoms with Gasteiger partial charge in [-0.05, 0) is 37.5 Å². The standard InChI is InChI=1S/C16H22ClNO2/c1-2-20-15-9-5-6-13(10-15)12-18(16(19)11-17)14-7-3-4-8-14/h5-6,9-10,14H,2-4,7-8,11-12H2,1H3. The first kappa shape index (κ1) is 15.2. The number of hydrogen-bond acceptors (Lipinski definition) is 2. The second-order valence-electron chi connectivity index (χ2n) is 5.17. The van der Waals surface area contributed by atoms with E-state index in [1.165, 1.54) is 12.8 Å². The number of halogens is 1. The molecular weight excluding hydrogens is 274 g/mol. The minimum atomic E-state index is 0.0281. The van der Waals surface area contributed by atoms with Crippen LogP contribution in [0.2, 0.25) is 0 Å². The fraction of sp³-hybridized carbons (Fsp3) is 0.562. The van der Waals surface area contributed by atoms with Crippen molar-refractivity contribution in [2.75, 3.05) is 12.5 Å². The minimum absolute atomic E-state index is 0.0281. The number of ether oxygens (including phenoxy) is 1. The summed E-state index contributed by atoms with van der Waals surface area (Å²) in [5, 5.41) is 0. The lowest BCUT2D eigenvalue weighted by molar-refractivity contribution is -0.131. The van der Waals surface area contributed by atoms with Gasteiger partial charge in [0.25, 0.3) is 0 Å². The van der Waals surface area contributed by atoms with Gasteiger partial charge in [0, 0.05) is 12.6 Å². The smallest absolute Gasteiger partial charge is 0.238 e. The van der Waals surface area contributed by atoms with Crippen LogP contribution in [0.4, 0.5) is 0 Å². The van der Waals surface area contributed by atoms with Crippen molar-refractivity contribution in [1.29, 1.82) is 0 Å². The van der Waals surface area contributed by atoms with Gasteiger partial charge in [-0.1, -0.05) is 25.0 Å². The molecule has 0 aliphatic heterocycles. The average Bonchev–Trinajstić information content (AvgIpc) is 2.99. The molecule has 3 nitrogen and oxygen atoms in total. The lowest BCUT2D eigenvalue weighted by Crippen LogP contribution is -2.39. The van der Waals surface area contributed by atoms with Crippen LogP contribution in [-0.2, 0) is 11.3 Å². The fourth-order valence-electron chi connectivity index (χ4n) is 2.81. The number of hydrogen-bond donors (Lipinski definition) is 0. The van der Waals surface area contributed by atoms with E-state index in [0.29, 0.717) is 19.2 Å². The second-order valence-corrected chi connectivity index (χ2v) is 5.44. The lowest BCUT2D eigenvalue weighted by Gasteiger charge is -2.28. The quantitative estimate of drug-likeness (QED) is 0.751. The molecule has 1 aromatic carbocycles. The van der Waals surface area contributed by atoms with Gasteiger partial charge in [0.05, 0.1) is 6.61 Å². The van der Waals surface area contributed by atoms with Crippen LogP contribution in [0.25, 0.3) is 0 Å². The van der Waals surface area contributed by atoms with Crippen LogP contribution in [-0.4, -0.2) is 29.3 Å². The number of benzene rings is 1. The Hall–Kier alpha value is -1.22. The van der Waals surface area contributed by atoms with E-state index in [2.05, 4.69) is 0 Å². The first-order chi connectivity index (χ1) is 9.74. The van der Waals surface area contributed by atoms with Crippen LogP contribution in [0, 0.1) is 0 Å². The zero-order valence-corrected chi connectivity index (χ0v) is 12.7. The highest BCUT2D eigenvalue weighted by Crippen LogP contribution is 2.26. The van der Waals surface area contributed by atoms with Gasteiger partial charge in [0.2, 0.25) is 5.91 Å². The molecule has 1 aromatic rings. The molecule has 0 aromatic heterocycles. The van der Waals surface area contributed by atoms with E-state index in [1.54, 1.807) is 0 Å². The van der Waals surface area contributed by atoms with Gasteiger partial charge >= 0.3 is 0 Å². The SMILES string of the molecule is CCOc1cccc(CN(C(=O)CCl)C2CCCC2)c1. The van der Waals surface area contributed by atoms with E-state index in [-0.39, 0.29) is 11.8 Å².